The first-order chi connectivity index (χ1) is 7.37. The van der Waals surface area contributed by atoms with Gasteiger partial charge in [-0.3, -0.25) is 13.2 Å². The molecule has 18 heavy (non-hydrogen) atoms. The number of carbonyl (C=O) groups excluding carboxylic acids is 1. The van der Waals surface area contributed by atoms with Crippen molar-refractivity contribution in [3.63, 3.8) is 0 Å². The minimum Gasteiger partial charge on any atom is -0.766 e. The Morgan fingerprint density at radius 3 is 2.22 bits per heavy atom. The SMILES string of the molecule is O=C(C[SH-]S(=O)(=O)[O-])Nc1ccc(F)cc1.[Na+].[Na+]. The third-order valence-electron chi connectivity index (χ3n) is 1.49. The molecule has 90 valence electrons. The van der Waals surface area contributed by atoms with E-state index in [1.54, 1.807) is 0 Å². The zero-order valence-corrected chi connectivity index (χ0v) is 15.6. The molecule has 0 fully saturated rings. The maximum Gasteiger partial charge on any atom is 1.00 e. The Balaban J connectivity index is 0. The summed E-state index contributed by atoms with van der Waals surface area (Å²) >= 11 is 0. The number of halogens is 1. The van der Waals surface area contributed by atoms with Gasteiger partial charge in [0.15, 0.2) is 0 Å². The Kier molecular flexibility index (Phi) is 11.5. The van der Waals surface area contributed by atoms with Crippen LogP contribution in [0.3, 0.4) is 0 Å². The van der Waals surface area contributed by atoms with Crippen molar-refractivity contribution < 1.29 is 81.3 Å². The zero-order valence-electron chi connectivity index (χ0n) is 9.88. The third-order valence-corrected chi connectivity index (χ3v) is 3.56. The Bertz CT molecular complexity index is 480. The molecule has 0 aromatic heterocycles. The second-order valence-electron chi connectivity index (χ2n) is 2.77. The monoisotopic (exact) mass is 311 g/mol. The molecule has 0 spiro atoms. The van der Waals surface area contributed by atoms with Gasteiger partial charge in [0.2, 0.25) is 5.91 Å². The fourth-order valence-electron chi connectivity index (χ4n) is 0.871. The van der Waals surface area contributed by atoms with Gasteiger partial charge in [-0.15, -0.1) is 0 Å². The van der Waals surface area contributed by atoms with E-state index in [9.17, 15) is 22.2 Å². The fraction of sp³-hybridized carbons (Fsp3) is 0.125. The molecular weight excluding hydrogens is 303 g/mol. The molecule has 0 unspecified atom stereocenters. The van der Waals surface area contributed by atoms with Gasteiger partial charge in [-0.25, -0.2) is 4.39 Å². The molecule has 0 aliphatic rings. The number of amides is 1. The van der Waals surface area contributed by atoms with Crippen LogP contribution in [0.1, 0.15) is 0 Å². The summed E-state index contributed by atoms with van der Waals surface area (Å²) in [5, 5.41) is 2.33. The Morgan fingerprint density at radius 2 is 1.78 bits per heavy atom. The van der Waals surface area contributed by atoms with E-state index < -0.39 is 37.4 Å². The molecule has 1 aromatic carbocycles. The third kappa shape index (κ3) is 9.76. The number of anilines is 1. The van der Waals surface area contributed by atoms with E-state index in [4.69, 9.17) is 0 Å². The van der Waals surface area contributed by atoms with Crippen LogP contribution >= 0.6 is 0 Å². The largest absolute Gasteiger partial charge is 1.00 e. The van der Waals surface area contributed by atoms with Crippen LogP contribution in [0, 0.1) is 5.82 Å². The van der Waals surface area contributed by atoms with E-state index in [2.05, 4.69) is 5.32 Å². The number of rotatable bonds is 4. The predicted molar refractivity (Wildman–Crippen MR) is 58.4 cm³/mol. The maximum absolute atomic E-state index is 12.5. The van der Waals surface area contributed by atoms with Crippen molar-refractivity contribution in [2.24, 2.45) is 0 Å². The van der Waals surface area contributed by atoms with Gasteiger partial charge in [-0.1, -0.05) is 5.75 Å². The van der Waals surface area contributed by atoms with Crippen molar-refractivity contribution in [3.05, 3.63) is 30.1 Å². The van der Waals surface area contributed by atoms with Crippen LogP contribution < -0.4 is 64.4 Å². The normalized spacial score (nSPS) is 10.1. The minimum absolute atomic E-state index is 0. The molecule has 1 N–H and O–H groups in total. The van der Waals surface area contributed by atoms with Crippen LogP contribution in [0.5, 0.6) is 0 Å². The van der Waals surface area contributed by atoms with Gasteiger partial charge in [-0.2, -0.15) is 0 Å². The van der Waals surface area contributed by atoms with E-state index in [0.717, 1.165) is 12.1 Å². The number of hydrogen-bond donors (Lipinski definition) is 1. The molecule has 0 aliphatic carbocycles. The molecule has 10 heteroatoms. The van der Waals surface area contributed by atoms with Crippen LogP contribution in [-0.2, 0) is 24.7 Å². The van der Waals surface area contributed by atoms with Crippen molar-refractivity contribution in [3.8, 4) is 0 Å². The van der Waals surface area contributed by atoms with Gasteiger partial charge < -0.3 is 20.7 Å². The van der Waals surface area contributed by atoms with Gasteiger partial charge in [0.05, 0.1) is 0 Å². The van der Waals surface area contributed by atoms with E-state index in [1.165, 1.54) is 12.1 Å². The smallest absolute Gasteiger partial charge is 0.766 e. The number of benzene rings is 1. The van der Waals surface area contributed by atoms with Gasteiger partial charge in [-0.05, 0) is 24.3 Å². The predicted octanol–water partition coefficient (Wildman–Crippen LogP) is -5.95. The first-order valence-electron chi connectivity index (χ1n) is 4.07. The molecule has 0 saturated heterocycles. The summed E-state index contributed by atoms with van der Waals surface area (Å²) < 4.78 is 43.2. The molecule has 1 rings (SSSR count). The summed E-state index contributed by atoms with van der Waals surface area (Å²) in [6.45, 7) is 0. The van der Waals surface area contributed by atoms with Gasteiger partial charge in [0.1, 0.15) is 5.82 Å². The quantitative estimate of drug-likeness (QED) is 0.197. The molecule has 0 radical (unpaired) electrons. The maximum atomic E-state index is 12.5. The van der Waals surface area contributed by atoms with Crippen LogP contribution in [0.25, 0.3) is 0 Å². The molecule has 5 nitrogen and oxygen atoms in total. The Labute approximate surface area is 152 Å². The first-order valence-corrected chi connectivity index (χ1v) is 7.16. The second-order valence-corrected chi connectivity index (χ2v) is 6.32. The molecule has 0 aliphatic heterocycles. The summed E-state index contributed by atoms with van der Waals surface area (Å²) in [5.41, 5.74) is 0.338. The molecule has 0 saturated carbocycles. The molecular formula is C8H8FNNa2O4S2. The van der Waals surface area contributed by atoms with Crippen molar-refractivity contribution in [1.29, 1.82) is 0 Å². The summed E-state index contributed by atoms with van der Waals surface area (Å²) in [4.78, 5) is 11.1. The van der Waals surface area contributed by atoms with Crippen molar-refractivity contribution in [1.82, 2.24) is 0 Å². The number of thiol groups is 1. The van der Waals surface area contributed by atoms with Crippen molar-refractivity contribution in [2.75, 3.05) is 11.1 Å². The van der Waals surface area contributed by atoms with Crippen LogP contribution in [-0.4, -0.2) is 24.6 Å². The fourth-order valence-corrected chi connectivity index (χ4v) is 2.05. The van der Waals surface area contributed by atoms with E-state index in [0.29, 0.717) is 5.69 Å². The standard InChI is InChI=1S/C8H9FNO4S2.2Na/c9-6-1-3-7(4-2-6)10-8(11)5-15-16(12,13)14;;/h1-4,15H,5H2,(H,10,11)(H,12,13,14);;/q-1;2*+1/p-1. The van der Waals surface area contributed by atoms with Crippen LogP contribution in [0.2, 0.25) is 0 Å². The Morgan fingerprint density at radius 1 is 1.28 bits per heavy atom. The molecule has 0 heterocycles. The van der Waals surface area contributed by atoms with Gasteiger partial charge in [0, 0.05) is 14.8 Å². The van der Waals surface area contributed by atoms with Crippen LogP contribution in [0.4, 0.5) is 10.1 Å². The molecule has 0 bridgehead atoms. The average molecular weight is 311 g/mol. The minimum atomic E-state index is -4.42. The topological polar surface area (TPSA) is 86.3 Å². The van der Waals surface area contributed by atoms with E-state index in [1.807, 2.05) is 0 Å². The molecule has 1 amide bonds. The second kappa shape index (κ2) is 9.73. The van der Waals surface area contributed by atoms with Gasteiger partial charge >= 0.3 is 59.1 Å². The summed E-state index contributed by atoms with van der Waals surface area (Å²) in [6.07, 6.45) is 0. The van der Waals surface area contributed by atoms with Crippen molar-refractivity contribution >= 4 is 31.5 Å². The van der Waals surface area contributed by atoms with Crippen molar-refractivity contribution in [2.45, 2.75) is 0 Å². The number of hydrogen-bond acceptors (Lipinski definition) is 5. The number of carbonyl (C=O) groups is 1. The number of nitrogens with one attached hydrogen (secondary N) is 1. The van der Waals surface area contributed by atoms with E-state index >= 15 is 0 Å². The molecule has 0 atom stereocenters. The van der Waals surface area contributed by atoms with Gasteiger partial charge in [0.25, 0.3) is 0 Å². The summed E-state index contributed by atoms with van der Waals surface area (Å²) in [7, 11) is -4.92. The van der Waals surface area contributed by atoms with Crippen LogP contribution in [0.15, 0.2) is 24.3 Å². The zero-order chi connectivity index (χ0) is 12.2. The average Bonchev–Trinajstić information content (AvgIpc) is 2.18. The Hall–Kier alpha value is 0.880. The molecule has 1 aromatic rings. The summed E-state index contributed by atoms with van der Waals surface area (Å²) in [5.74, 6) is -1.51. The summed E-state index contributed by atoms with van der Waals surface area (Å²) in [6, 6.07) is 4.96. The first kappa shape index (κ1) is 21.2. The van der Waals surface area contributed by atoms with E-state index in [-0.39, 0.29) is 59.1 Å².